The number of benzene rings is 3. The minimum atomic E-state index is -0.401. The Labute approximate surface area is 191 Å². The van der Waals surface area contributed by atoms with Crippen LogP contribution in [-0.2, 0) is 11.3 Å². The minimum absolute atomic E-state index is 0.127. The van der Waals surface area contributed by atoms with E-state index >= 15 is 0 Å². The second-order valence-corrected chi connectivity index (χ2v) is 7.71. The molecule has 1 heterocycles. The summed E-state index contributed by atoms with van der Waals surface area (Å²) in [5.41, 5.74) is 2.16. The average Bonchev–Trinajstić information content (AvgIpc) is 2.80. The summed E-state index contributed by atoms with van der Waals surface area (Å²) in [5.74, 6) is 0.388. The van der Waals surface area contributed by atoms with Gasteiger partial charge in [-0.25, -0.2) is 4.39 Å². The first kappa shape index (κ1) is 22.3. The van der Waals surface area contributed by atoms with Gasteiger partial charge in [0, 0.05) is 12.2 Å². The molecule has 0 fully saturated rings. The summed E-state index contributed by atoms with van der Waals surface area (Å²) in [7, 11) is 1.84. The molecular weight excluding hydrogens is 425 g/mol. The molecule has 2 amide bonds. The third kappa shape index (κ3) is 5.87. The number of halogens is 1. The van der Waals surface area contributed by atoms with Gasteiger partial charge in [-0.2, -0.15) is 0 Å². The van der Waals surface area contributed by atoms with E-state index in [2.05, 4.69) is 10.6 Å². The average molecular weight is 449 g/mol. The molecule has 2 N–H and O–H groups in total. The number of amides is 2. The maximum absolute atomic E-state index is 13.1. The Bertz CT molecular complexity index is 1150. The molecule has 4 rings (SSSR count). The summed E-state index contributed by atoms with van der Waals surface area (Å²) in [4.78, 5) is 27.2. The second-order valence-electron chi connectivity index (χ2n) is 7.71. The largest absolute Gasteiger partial charge is 0.486 e. The Hall–Kier alpha value is -3.91. The number of para-hydroxylation sites is 1. The molecule has 0 radical (unpaired) electrons. The monoisotopic (exact) mass is 449 g/mol. The third-order valence-corrected chi connectivity index (χ3v) is 5.02. The van der Waals surface area contributed by atoms with Crippen molar-refractivity contribution in [2.24, 2.45) is 0 Å². The molecule has 3 aromatic carbocycles. The maximum atomic E-state index is 13.1. The zero-order valence-electron chi connectivity index (χ0n) is 18.1. The van der Waals surface area contributed by atoms with E-state index in [4.69, 9.17) is 9.47 Å². The molecular formula is C25H24FN3O4. The molecule has 0 bridgehead atoms. The minimum Gasteiger partial charge on any atom is -0.486 e. The smallest absolute Gasteiger partial charge is 0.257 e. The van der Waals surface area contributed by atoms with Gasteiger partial charge in [0.1, 0.15) is 19.0 Å². The Kier molecular flexibility index (Phi) is 6.85. The Morgan fingerprint density at radius 3 is 2.45 bits per heavy atom. The Morgan fingerprint density at radius 2 is 1.67 bits per heavy atom. The van der Waals surface area contributed by atoms with Crippen LogP contribution in [-0.4, -0.2) is 43.5 Å². The summed E-state index contributed by atoms with van der Waals surface area (Å²) >= 11 is 0. The van der Waals surface area contributed by atoms with Crippen LogP contribution in [0.15, 0.2) is 66.7 Å². The van der Waals surface area contributed by atoms with Crippen molar-refractivity contribution in [3.05, 3.63) is 83.7 Å². The van der Waals surface area contributed by atoms with Gasteiger partial charge in [0.15, 0.2) is 11.5 Å². The van der Waals surface area contributed by atoms with E-state index in [9.17, 15) is 14.0 Å². The van der Waals surface area contributed by atoms with Gasteiger partial charge < -0.3 is 20.1 Å². The van der Waals surface area contributed by atoms with Gasteiger partial charge in [0.05, 0.1) is 17.8 Å². The van der Waals surface area contributed by atoms with Crippen LogP contribution in [0.5, 0.6) is 11.5 Å². The van der Waals surface area contributed by atoms with Crippen molar-refractivity contribution >= 4 is 23.2 Å². The summed E-state index contributed by atoms with van der Waals surface area (Å²) in [6.45, 7) is 1.72. The summed E-state index contributed by atoms with van der Waals surface area (Å²) in [6.07, 6.45) is 0. The lowest BCUT2D eigenvalue weighted by Crippen LogP contribution is -2.30. The van der Waals surface area contributed by atoms with Gasteiger partial charge in [0.25, 0.3) is 5.91 Å². The predicted octanol–water partition coefficient (Wildman–Crippen LogP) is 3.92. The molecule has 0 aliphatic carbocycles. The Balaban J connectivity index is 1.36. The molecule has 1 aliphatic rings. The van der Waals surface area contributed by atoms with Crippen molar-refractivity contribution in [1.29, 1.82) is 0 Å². The van der Waals surface area contributed by atoms with Gasteiger partial charge in [-0.05, 0) is 61.1 Å². The SMILES string of the molecule is CN(CC(=O)Nc1ccccc1C(=O)Nc1ccc(F)cc1)Cc1ccc2c(c1)OCCO2. The number of ether oxygens (including phenoxy) is 2. The molecule has 7 nitrogen and oxygen atoms in total. The highest BCUT2D eigenvalue weighted by atomic mass is 19.1. The van der Waals surface area contributed by atoms with Gasteiger partial charge >= 0.3 is 0 Å². The molecule has 0 spiro atoms. The molecule has 3 aromatic rings. The van der Waals surface area contributed by atoms with Crippen LogP contribution >= 0.6 is 0 Å². The van der Waals surface area contributed by atoms with Gasteiger partial charge in [0.2, 0.25) is 5.91 Å². The number of carbonyl (C=O) groups is 2. The molecule has 0 atom stereocenters. The molecule has 170 valence electrons. The predicted molar refractivity (Wildman–Crippen MR) is 123 cm³/mol. The first-order chi connectivity index (χ1) is 16.0. The van der Waals surface area contributed by atoms with Crippen LogP contribution in [0.2, 0.25) is 0 Å². The lowest BCUT2D eigenvalue weighted by Gasteiger charge is -2.21. The van der Waals surface area contributed by atoms with Crippen LogP contribution < -0.4 is 20.1 Å². The summed E-state index contributed by atoms with van der Waals surface area (Å²) in [5, 5.41) is 5.51. The van der Waals surface area contributed by atoms with E-state index in [-0.39, 0.29) is 18.3 Å². The zero-order chi connectivity index (χ0) is 23.2. The van der Waals surface area contributed by atoms with Crippen LogP contribution in [0.1, 0.15) is 15.9 Å². The lowest BCUT2D eigenvalue weighted by molar-refractivity contribution is -0.117. The third-order valence-electron chi connectivity index (χ3n) is 5.02. The lowest BCUT2D eigenvalue weighted by atomic mass is 10.1. The standard InChI is InChI=1S/C25H24FN3O4/c1-29(15-17-6-11-22-23(14-17)33-13-12-32-22)16-24(30)28-21-5-3-2-4-20(21)25(31)27-19-9-7-18(26)8-10-19/h2-11,14H,12-13,15-16H2,1H3,(H,27,31)(H,28,30). The maximum Gasteiger partial charge on any atom is 0.257 e. The number of hydrogen-bond donors (Lipinski definition) is 2. The highest BCUT2D eigenvalue weighted by Crippen LogP contribution is 2.31. The number of nitrogens with zero attached hydrogens (tertiary/aromatic N) is 1. The van der Waals surface area contributed by atoms with E-state index in [0.717, 1.165) is 11.3 Å². The second kappa shape index (κ2) is 10.1. The highest BCUT2D eigenvalue weighted by Gasteiger charge is 2.16. The first-order valence-electron chi connectivity index (χ1n) is 10.5. The topological polar surface area (TPSA) is 79.9 Å². The van der Waals surface area contributed by atoms with Crippen LogP contribution in [0, 0.1) is 5.82 Å². The van der Waals surface area contributed by atoms with E-state index in [0.29, 0.717) is 42.4 Å². The number of carbonyl (C=O) groups excluding carboxylic acids is 2. The van der Waals surface area contributed by atoms with E-state index < -0.39 is 5.91 Å². The van der Waals surface area contributed by atoms with Crippen molar-refractivity contribution in [2.75, 3.05) is 37.4 Å². The summed E-state index contributed by atoms with van der Waals surface area (Å²) in [6, 6.07) is 17.9. The normalized spacial score (nSPS) is 12.3. The number of fused-ring (bicyclic) bond motifs is 1. The van der Waals surface area contributed by atoms with E-state index in [1.165, 1.54) is 24.3 Å². The van der Waals surface area contributed by atoms with Crippen molar-refractivity contribution in [3.63, 3.8) is 0 Å². The zero-order valence-corrected chi connectivity index (χ0v) is 18.1. The Morgan fingerprint density at radius 1 is 0.939 bits per heavy atom. The molecule has 0 unspecified atom stereocenters. The van der Waals surface area contributed by atoms with Gasteiger partial charge in [-0.1, -0.05) is 18.2 Å². The fourth-order valence-corrected chi connectivity index (χ4v) is 3.51. The van der Waals surface area contributed by atoms with Gasteiger partial charge in [-0.15, -0.1) is 0 Å². The quantitative estimate of drug-likeness (QED) is 0.572. The van der Waals surface area contributed by atoms with Crippen molar-refractivity contribution in [1.82, 2.24) is 4.90 Å². The van der Waals surface area contributed by atoms with Crippen molar-refractivity contribution in [3.8, 4) is 11.5 Å². The van der Waals surface area contributed by atoms with Gasteiger partial charge in [-0.3, -0.25) is 14.5 Å². The van der Waals surface area contributed by atoms with Crippen molar-refractivity contribution < 1.29 is 23.5 Å². The molecule has 33 heavy (non-hydrogen) atoms. The van der Waals surface area contributed by atoms with Crippen molar-refractivity contribution in [2.45, 2.75) is 6.54 Å². The van der Waals surface area contributed by atoms with Crippen LogP contribution in [0.25, 0.3) is 0 Å². The summed E-state index contributed by atoms with van der Waals surface area (Å²) < 4.78 is 24.2. The number of rotatable bonds is 7. The number of nitrogens with one attached hydrogen (secondary N) is 2. The molecule has 0 saturated heterocycles. The molecule has 8 heteroatoms. The molecule has 0 saturated carbocycles. The molecule has 1 aliphatic heterocycles. The number of anilines is 2. The highest BCUT2D eigenvalue weighted by molar-refractivity contribution is 6.10. The fraction of sp³-hybridized carbons (Fsp3) is 0.200. The van der Waals surface area contributed by atoms with E-state index in [1.54, 1.807) is 24.3 Å². The number of hydrogen-bond acceptors (Lipinski definition) is 5. The van der Waals surface area contributed by atoms with Crippen LogP contribution in [0.4, 0.5) is 15.8 Å². The first-order valence-corrected chi connectivity index (χ1v) is 10.5. The number of likely N-dealkylation sites (N-methyl/N-ethyl adjacent to an activating group) is 1. The molecule has 0 aromatic heterocycles. The fourth-order valence-electron chi connectivity index (χ4n) is 3.51. The van der Waals surface area contributed by atoms with E-state index in [1.807, 2.05) is 30.1 Å². The van der Waals surface area contributed by atoms with Crippen LogP contribution in [0.3, 0.4) is 0 Å².